The average molecular weight is 1130 g/mol. The number of nitrogens with one attached hydrogen (secondary N) is 4. The van der Waals surface area contributed by atoms with Crippen LogP contribution in [0.25, 0.3) is 44.4 Å². The van der Waals surface area contributed by atoms with Gasteiger partial charge in [0.1, 0.15) is 47.6 Å². The minimum Gasteiger partial charge on any atom is -0.486 e. The topological polar surface area (TPSA) is 253 Å². The molecule has 2 amide bonds. The summed E-state index contributed by atoms with van der Waals surface area (Å²) in [6.07, 6.45) is 10.1. The van der Waals surface area contributed by atoms with E-state index in [9.17, 15) is 19.5 Å². The van der Waals surface area contributed by atoms with Crippen LogP contribution in [-0.2, 0) is 34.0 Å². The monoisotopic (exact) mass is 1130 g/mol. The Morgan fingerprint density at radius 2 is 1.81 bits per heavy atom. The van der Waals surface area contributed by atoms with E-state index in [2.05, 4.69) is 25.9 Å². The predicted octanol–water partition coefficient (Wildman–Crippen LogP) is 7.62. The van der Waals surface area contributed by atoms with Crippen molar-refractivity contribution in [3.8, 4) is 45.3 Å². The second-order valence-electron chi connectivity index (χ2n) is 23.1. The molecule has 21 heteroatoms. The van der Waals surface area contributed by atoms with Gasteiger partial charge >= 0.3 is 6.01 Å². The number of fused-ring (bicyclic) bond motifs is 3. The fraction of sp³-hybridized carbons (Fsp3) is 0.419. The first-order valence-electron chi connectivity index (χ1n) is 28.8. The average Bonchev–Trinajstić information content (AvgIpc) is 4.20. The van der Waals surface area contributed by atoms with Gasteiger partial charge in [-0.05, 0) is 97.5 Å². The lowest BCUT2D eigenvalue weighted by Crippen LogP contribution is -2.48. The van der Waals surface area contributed by atoms with Crippen LogP contribution in [0.5, 0.6) is 11.8 Å². The van der Waals surface area contributed by atoms with Crippen LogP contribution in [0.3, 0.4) is 0 Å². The summed E-state index contributed by atoms with van der Waals surface area (Å²) < 4.78 is 38.3. The Bertz CT molecular complexity index is 3630. The molecule has 7 aromatic rings. The first-order valence-corrected chi connectivity index (χ1v) is 28.8. The smallest absolute Gasteiger partial charge is 0.319 e. The van der Waals surface area contributed by atoms with Crippen LogP contribution in [0.4, 0.5) is 21.6 Å². The quantitative estimate of drug-likeness (QED) is 0.0244. The number of hydrogen-bond donors (Lipinski definition) is 6. The van der Waals surface area contributed by atoms with E-state index < -0.39 is 23.5 Å². The molecule has 432 valence electrons. The number of nitrogens with zero attached hydrogens (tertiary/aromatic N) is 8. The van der Waals surface area contributed by atoms with E-state index in [-0.39, 0.29) is 60.4 Å². The van der Waals surface area contributed by atoms with Crippen molar-refractivity contribution in [3.05, 3.63) is 113 Å². The normalized spacial score (nSPS) is 19.6. The number of aliphatic hydroxyl groups is 1. The molecule has 4 aromatic carbocycles. The molecule has 7 N–H and O–H groups in total. The summed E-state index contributed by atoms with van der Waals surface area (Å²) in [6.45, 7) is 9.32. The van der Waals surface area contributed by atoms with Gasteiger partial charge in [0.15, 0.2) is 12.0 Å². The van der Waals surface area contributed by atoms with Gasteiger partial charge in [0.25, 0.3) is 0 Å². The maximum atomic E-state index is 15.8. The standard InChI is InChI=1S/C62H70FN13O7/c1-35(2)56(60(79)73-21-5-6-53(73)59(78)68-28-37-7-10-39(11-8-37)52-15-20-69-76(52)34-62(80)18-19-62)75-31-47(51(32-77)72-75)43-12-9-38(24-50(43)66-4)33-82-57-44(54-36(3)48(63)26-49(65)46(54)27-64)13-14-45-55(57)70-61(83-42-16-22-81-23-17-42)71-58(45)74-30-40-25-41(74)29-67-40/h7-15,20,24,26-27,31-32,35,40-42,53,56,64,66-67,80H,5-6,16-19,21-23,25,28-30,33-34,65H2,1-4H3,(H,68,78). The molecule has 1 aliphatic carbocycles. The van der Waals surface area contributed by atoms with Crippen molar-refractivity contribution in [1.82, 2.24) is 45.1 Å². The number of rotatable bonds is 20. The minimum absolute atomic E-state index is 0.0129. The highest BCUT2D eigenvalue weighted by atomic mass is 19.1. The van der Waals surface area contributed by atoms with Crippen molar-refractivity contribution in [1.29, 1.82) is 5.41 Å². The number of piperazine rings is 1. The fourth-order valence-corrected chi connectivity index (χ4v) is 12.5. The summed E-state index contributed by atoms with van der Waals surface area (Å²) in [5.41, 5.74) is 13.3. The van der Waals surface area contributed by atoms with Crippen LogP contribution in [0.2, 0.25) is 0 Å². The van der Waals surface area contributed by atoms with Crippen LogP contribution in [0, 0.1) is 24.1 Å². The molecule has 83 heavy (non-hydrogen) atoms. The molecule has 4 unspecified atom stereocenters. The lowest BCUT2D eigenvalue weighted by atomic mass is 9.92. The predicted molar refractivity (Wildman–Crippen MR) is 313 cm³/mol. The first kappa shape index (κ1) is 55.3. The number of likely N-dealkylation sites (tertiary alicyclic amines) is 1. The van der Waals surface area contributed by atoms with Crippen LogP contribution < -0.4 is 36.1 Å². The number of amides is 2. The molecular weight excluding hydrogens is 1060 g/mol. The van der Waals surface area contributed by atoms with Gasteiger partial charge in [0.05, 0.1) is 31.1 Å². The highest BCUT2D eigenvalue weighted by molar-refractivity contribution is 6.04. The van der Waals surface area contributed by atoms with E-state index in [1.165, 1.54) is 6.07 Å². The van der Waals surface area contributed by atoms with Crippen molar-refractivity contribution >= 4 is 52.4 Å². The van der Waals surface area contributed by atoms with Crippen LogP contribution >= 0.6 is 0 Å². The van der Waals surface area contributed by atoms with E-state index in [4.69, 9.17) is 40.4 Å². The fourth-order valence-electron chi connectivity index (χ4n) is 12.5. The van der Waals surface area contributed by atoms with Crippen molar-refractivity contribution in [2.24, 2.45) is 5.92 Å². The van der Waals surface area contributed by atoms with Gasteiger partial charge in [0.2, 0.25) is 11.8 Å². The summed E-state index contributed by atoms with van der Waals surface area (Å²) in [7, 11) is 1.78. The molecule has 1 saturated carbocycles. The number of ether oxygens (including phenoxy) is 3. The molecule has 5 fully saturated rings. The molecule has 0 spiro atoms. The van der Waals surface area contributed by atoms with Gasteiger partial charge in [-0.1, -0.05) is 50.2 Å². The summed E-state index contributed by atoms with van der Waals surface area (Å²) >= 11 is 0. The summed E-state index contributed by atoms with van der Waals surface area (Å²) in [5, 5.41) is 38.8. The zero-order chi connectivity index (χ0) is 57.7. The molecule has 12 rings (SSSR count). The third kappa shape index (κ3) is 10.9. The number of carbonyl (C=O) groups excluding carboxylic acids is 3. The van der Waals surface area contributed by atoms with Gasteiger partial charge in [-0.15, -0.1) is 0 Å². The number of aldehydes is 1. The molecule has 0 radical (unpaired) electrons. The zero-order valence-corrected chi connectivity index (χ0v) is 47.2. The number of anilines is 3. The largest absolute Gasteiger partial charge is 0.486 e. The molecule has 5 aliphatic rings. The van der Waals surface area contributed by atoms with Crippen molar-refractivity contribution in [3.63, 3.8) is 0 Å². The Morgan fingerprint density at radius 3 is 2.52 bits per heavy atom. The lowest BCUT2D eigenvalue weighted by Gasteiger charge is -2.30. The maximum Gasteiger partial charge on any atom is 0.319 e. The third-order valence-electron chi connectivity index (χ3n) is 17.2. The van der Waals surface area contributed by atoms with E-state index in [0.29, 0.717) is 120 Å². The molecule has 4 aliphatic heterocycles. The number of aromatic nitrogens is 6. The molecule has 7 heterocycles. The Kier molecular flexibility index (Phi) is 15.2. The number of hydrogen-bond acceptors (Lipinski definition) is 16. The number of nitrogen functional groups attached to an aromatic ring is 1. The van der Waals surface area contributed by atoms with Crippen molar-refractivity contribution in [2.75, 3.05) is 55.8 Å². The van der Waals surface area contributed by atoms with Gasteiger partial charge in [-0.2, -0.15) is 20.2 Å². The van der Waals surface area contributed by atoms with Crippen molar-refractivity contribution < 1.29 is 38.1 Å². The van der Waals surface area contributed by atoms with Crippen LogP contribution in [0.1, 0.15) is 97.6 Å². The molecule has 3 aromatic heterocycles. The Hall–Kier alpha value is -8.27. The molecule has 4 saturated heterocycles. The zero-order valence-electron chi connectivity index (χ0n) is 47.2. The van der Waals surface area contributed by atoms with Crippen LogP contribution in [0.15, 0.2) is 79.1 Å². The molecule has 4 atom stereocenters. The Labute approximate surface area is 480 Å². The number of carbonyl (C=O) groups is 3. The summed E-state index contributed by atoms with van der Waals surface area (Å²) in [4.78, 5) is 55.7. The maximum absolute atomic E-state index is 15.8. The first-order chi connectivity index (χ1) is 40.2. The van der Waals surface area contributed by atoms with Gasteiger partial charge in [-0.25, -0.2) is 4.39 Å². The van der Waals surface area contributed by atoms with Crippen molar-refractivity contribution in [2.45, 2.75) is 121 Å². The van der Waals surface area contributed by atoms with Gasteiger partial charge in [-0.3, -0.25) is 23.7 Å². The number of benzene rings is 4. The Balaban J connectivity index is 0.810. The van der Waals surface area contributed by atoms with Gasteiger partial charge < -0.3 is 56.2 Å². The molecule has 20 nitrogen and oxygen atoms in total. The highest BCUT2D eigenvalue weighted by Gasteiger charge is 2.43. The van der Waals surface area contributed by atoms with Gasteiger partial charge in [0, 0.05) is 121 Å². The molecule has 2 bridgehead atoms. The van der Waals surface area contributed by atoms with E-state index in [1.807, 2.05) is 79.2 Å². The second-order valence-corrected chi connectivity index (χ2v) is 23.1. The van der Waals surface area contributed by atoms with E-state index >= 15 is 4.39 Å². The summed E-state index contributed by atoms with van der Waals surface area (Å²) in [5.74, 6) is -0.245. The Morgan fingerprint density at radius 1 is 1.02 bits per heavy atom. The minimum atomic E-state index is -0.826. The third-order valence-corrected chi connectivity index (χ3v) is 17.2. The SMILES string of the molecule is CNc1cc(COc2c(-c3c(C)c(F)cc(N)c3C=N)ccc3c(N4CC5CC4CN5)nc(OC4CCOCC4)nc23)ccc1-c1cn(C(C(=O)N2CCCC2C(=O)NCc2ccc(-c3ccnn3CC3(O)CC3)cc2)C(C)C)nc1C=O. The molecular formula is C62H70FN13O7. The van der Waals surface area contributed by atoms with Crippen LogP contribution in [-0.4, -0.2) is 134 Å². The number of nitrogens with two attached hydrogens (primary N) is 1. The second kappa shape index (κ2) is 22.8. The van der Waals surface area contributed by atoms with E-state index in [1.54, 1.807) is 35.9 Å². The summed E-state index contributed by atoms with van der Waals surface area (Å²) in [6, 6.07) is 19.7. The number of halogens is 1. The highest BCUT2D eigenvalue weighted by Crippen LogP contribution is 2.46. The van der Waals surface area contributed by atoms with E-state index in [0.717, 1.165) is 66.3 Å². The lowest BCUT2D eigenvalue weighted by molar-refractivity contribution is -0.142.